The van der Waals surface area contributed by atoms with Crippen LogP contribution in [-0.4, -0.2) is 192 Å². The summed E-state index contributed by atoms with van der Waals surface area (Å²) < 4.78 is 0. The molecule has 30 heteroatoms. The van der Waals surface area contributed by atoms with Gasteiger partial charge in [0, 0.05) is 33.4 Å². The van der Waals surface area contributed by atoms with Crippen LogP contribution in [0.25, 0.3) is 0 Å². The molecule has 410 valence electrons. The second kappa shape index (κ2) is 19.0. The maximum absolute atomic E-state index is 15.9. The molecule has 0 unspecified atom stereocenters. The van der Waals surface area contributed by atoms with Gasteiger partial charge in [-0.3, -0.25) is 28.8 Å². The first-order valence-corrected chi connectivity index (χ1v) is 21.0. The van der Waals surface area contributed by atoms with Crippen molar-refractivity contribution in [2.24, 2.45) is 0 Å². The fourth-order valence-electron chi connectivity index (χ4n) is 8.31. The van der Waals surface area contributed by atoms with Crippen LogP contribution in [-0.2, 0) is 0 Å². The van der Waals surface area contributed by atoms with Crippen LogP contribution in [0.4, 0.5) is 0 Å². The molecule has 78 heavy (non-hydrogen) atoms. The van der Waals surface area contributed by atoms with Gasteiger partial charge < -0.3 is 123 Å². The molecule has 0 radical (unpaired) electrons. The number of carbonyl (C=O) groups excluding carboxylic acids is 6. The number of phenols is 18. The number of aromatic hydroxyl groups is 18. The molecule has 0 aliphatic heterocycles. The van der Waals surface area contributed by atoms with E-state index in [0.717, 1.165) is 0 Å². The molecule has 24 N–H and O–H groups in total. The number of Topliss-reactive ketones (excluding diaryl/α,β-unsaturated/α-hetero) is 6. The number of carbonyl (C=O) groups is 6. The monoisotopic (exact) mass is 1090 g/mol. The lowest BCUT2D eigenvalue weighted by Crippen LogP contribution is -2.90. The zero-order valence-electron chi connectivity index (χ0n) is 38.3. The molecule has 0 amide bonds. The van der Waals surface area contributed by atoms with Crippen LogP contribution in [0.5, 0.6) is 103 Å². The number of aliphatic hydroxyl groups is 6. The van der Waals surface area contributed by atoms with Crippen molar-refractivity contribution in [2.75, 3.05) is 6.61 Å². The van der Waals surface area contributed by atoms with Gasteiger partial charge in [0.1, 0.15) is 0 Å². The molecule has 30 nitrogen and oxygen atoms in total. The van der Waals surface area contributed by atoms with Crippen LogP contribution in [0.3, 0.4) is 0 Å². The summed E-state index contributed by atoms with van der Waals surface area (Å²) in [6, 6.07) is -1.31. The van der Waals surface area contributed by atoms with Crippen molar-refractivity contribution < 1.29 is 151 Å². The molecule has 0 aromatic heterocycles. The van der Waals surface area contributed by atoms with Crippen LogP contribution >= 0.6 is 0 Å². The minimum Gasteiger partial charge on any atom is -0.504 e. The van der Waals surface area contributed by atoms with Gasteiger partial charge in [0.15, 0.2) is 109 Å². The summed E-state index contributed by atoms with van der Waals surface area (Å²) in [6.45, 7) is -2.88. The van der Waals surface area contributed by atoms with Gasteiger partial charge in [0.2, 0.25) is 57.1 Å². The minimum atomic E-state index is -6.30. The number of rotatable bonds is 17. The fourth-order valence-corrected chi connectivity index (χ4v) is 8.31. The highest BCUT2D eigenvalue weighted by Crippen LogP contribution is 2.55. The normalized spacial score (nSPS) is 14.7. The number of ketones is 6. The lowest BCUT2D eigenvalue weighted by Gasteiger charge is -2.57. The van der Waals surface area contributed by atoms with Gasteiger partial charge in [-0.2, -0.15) is 0 Å². The Hall–Kier alpha value is -10.5. The highest BCUT2D eigenvalue weighted by molar-refractivity contribution is 6.31. The number of hydrogen-bond donors (Lipinski definition) is 24. The highest BCUT2D eigenvalue weighted by atomic mass is 16.5. The first-order chi connectivity index (χ1) is 35.9. The maximum atomic E-state index is 15.9. The second-order valence-corrected chi connectivity index (χ2v) is 17.0. The average Bonchev–Trinajstić information content (AvgIpc) is 3.39. The van der Waals surface area contributed by atoms with Crippen LogP contribution in [0.15, 0.2) is 72.8 Å². The Morgan fingerprint density at radius 1 is 0.256 bits per heavy atom. The van der Waals surface area contributed by atoms with E-state index in [9.17, 15) is 127 Å². The molecule has 0 saturated heterocycles. The van der Waals surface area contributed by atoms with E-state index < -0.39 is 206 Å². The summed E-state index contributed by atoms with van der Waals surface area (Å²) >= 11 is 0. The zero-order chi connectivity index (χ0) is 59.0. The summed E-state index contributed by atoms with van der Waals surface area (Å²) in [4.78, 5) is 93.4. The van der Waals surface area contributed by atoms with Gasteiger partial charge in [0.05, 0.1) is 6.61 Å². The van der Waals surface area contributed by atoms with Crippen molar-refractivity contribution >= 4 is 34.7 Å². The molecule has 0 aliphatic rings. The molecule has 0 heterocycles. The Balaban J connectivity index is 2.05. The van der Waals surface area contributed by atoms with Crippen LogP contribution in [0, 0.1) is 0 Å². The third-order valence-electron chi connectivity index (χ3n) is 12.4. The highest BCUT2D eigenvalue weighted by Gasteiger charge is 2.86. The molecule has 0 spiro atoms. The Labute approximate surface area is 429 Å². The Morgan fingerprint density at radius 3 is 0.628 bits per heavy atom. The number of benzene rings is 6. The molecular formula is C48H38O30. The summed E-state index contributed by atoms with van der Waals surface area (Å²) in [5.41, 5.74) is -40.7. The summed E-state index contributed by atoms with van der Waals surface area (Å²) in [6.07, 6.45) is 0. The van der Waals surface area contributed by atoms with Gasteiger partial charge >= 0.3 is 0 Å². The molecule has 4 atom stereocenters. The van der Waals surface area contributed by atoms with Crippen molar-refractivity contribution in [2.45, 2.75) is 28.0 Å². The summed E-state index contributed by atoms with van der Waals surface area (Å²) in [5, 5.41) is 267. The van der Waals surface area contributed by atoms with Gasteiger partial charge in [-0.05, 0) is 72.8 Å². The van der Waals surface area contributed by atoms with Crippen LogP contribution in [0.2, 0.25) is 0 Å². The van der Waals surface area contributed by atoms with E-state index in [-0.39, 0.29) is 72.8 Å². The average molecular weight is 1090 g/mol. The SMILES string of the molecule is O=C(c1cc(O)c(O)c(O)c1)C(O)(C(=O)c1cc(O)c(O)c(O)c1)[C@@](O)(C(=O)c1cc(O)c(O)c(O)c1)[C@](O)(C(=O)c1cc(O)c(O)c(O)c1)[C@@](O)(C(=O)c1cc(O)c(O)c(O)c1)[C@](O)(CO)C(=O)c1cc(O)c(O)c(O)c1. The topological polar surface area (TPSA) is 588 Å². The van der Waals surface area contributed by atoms with Crippen molar-refractivity contribution in [3.63, 3.8) is 0 Å². The van der Waals surface area contributed by atoms with Crippen LogP contribution < -0.4 is 0 Å². The fraction of sp³-hybridized carbons (Fsp3) is 0.125. The van der Waals surface area contributed by atoms with Gasteiger partial charge in [-0.25, -0.2) is 0 Å². The predicted octanol–water partition coefficient (Wildman–Crippen LogP) is -1.37. The molecule has 0 fully saturated rings. The van der Waals surface area contributed by atoms with Gasteiger partial charge in [-0.15, -0.1) is 0 Å². The third kappa shape index (κ3) is 8.01. The minimum absolute atomic E-state index is 0.00563. The molecule has 0 bridgehead atoms. The predicted molar refractivity (Wildman–Crippen MR) is 246 cm³/mol. The Kier molecular flexibility index (Phi) is 13.8. The third-order valence-corrected chi connectivity index (χ3v) is 12.4. The van der Waals surface area contributed by atoms with E-state index in [2.05, 4.69) is 0 Å². The van der Waals surface area contributed by atoms with E-state index in [1.807, 2.05) is 0 Å². The van der Waals surface area contributed by atoms with Crippen molar-refractivity contribution in [1.82, 2.24) is 0 Å². The quantitative estimate of drug-likeness (QED) is 0.0285. The van der Waals surface area contributed by atoms with E-state index >= 15 is 24.0 Å². The van der Waals surface area contributed by atoms with E-state index in [1.165, 1.54) is 0 Å². The van der Waals surface area contributed by atoms with Crippen molar-refractivity contribution in [3.05, 3.63) is 106 Å². The first kappa shape index (κ1) is 56.8. The van der Waals surface area contributed by atoms with Gasteiger partial charge in [-0.1, -0.05) is 0 Å². The van der Waals surface area contributed by atoms with E-state index in [1.54, 1.807) is 0 Å². The van der Waals surface area contributed by atoms with E-state index in [0.29, 0.717) is 0 Å². The molecule has 0 saturated carbocycles. The summed E-state index contributed by atoms with van der Waals surface area (Å²) in [5.74, 6) is -48.2. The standard InChI is InChI=1S/C48H38O30/c49-13-44(74,38(68)14-1-20(50)32(62)21(51)2-14)46(76,41(71)17-7-26(56)35(65)27(57)8-17)48(78,43(73)19-11-30(60)37(67)31(61)12-19)47(77,42(72)18-9-28(58)36(66)29(59)10-18)45(75,39(69)15-3-22(52)33(63)23(53)4-15)40(70)16-5-24(54)34(64)25(55)6-16/h1-12,49-67,74-78H,13H2/t44-,46+,47-,48-/m0/s1. The molecule has 6 rings (SSSR count). The lowest BCUT2D eigenvalue weighted by molar-refractivity contribution is -0.256. The van der Waals surface area contributed by atoms with Gasteiger partial charge in [0.25, 0.3) is 0 Å². The Bertz CT molecular complexity index is 3400. The lowest BCUT2D eigenvalue weighted by atomic mass is 9.50. The zero-order valence-corrected chi connectivity index (χ0v) is 38.3. The largest absolute Gasteiger partial charge is 0.504 e. The Morgan fingerprint density at radius 2 is 0.423 bits per heavy atom. The second-order valence-electron chi connectivity index (χ2n) is 17.0. The van der Waals surface area contributed by atoms with Crippen LogP contribution in [0.1, 0.15) is 62.1 Å². The smallest absolute Gasteiger partial charge is 0.230 e. The molecule has 6 aromatic carbocycles. The maximum Gasteiger partial charge on any atom is 0.230 e. The molecular weight excluding hydrogens is 1060 g/mol. The van der Waals surface area contributed by atoms with Crippen molar-refractivity contribution in [3.8, 4) is 103 Å². The number of aliphatic hydroxyl groups excluding tert-OH is 1. The molecule has 0 aliphatic carbocycles. The first-order valence-electron chi connectivity index (χ1n) is 21.0. The number of hydrogen-bond acceptors (Lipinski definition) is 30. The summed E-state index contributed by atoms with van der Waals surface area (Å²) in [7, 11) is 0. The molecule has 6 aromatic rings. The van der Waals surface area contributed by atoms with E-state index in [4.69, 9.17) is 0 Å². The number of phenolic OH excluding ortho intramolecular Hbond substituents is 18. The van der Waals surface area contributed by atoms with Crippen molar-refractivity contribution in [1.29, 1.82) is 0 Å².